The maximum absolute atomic E-state index is 12.3. The predicted octanol–water partition coefficient (Wildman–Crippen LogP) is 2.67. The summed E-state index contributed by atoms with van der Waals surface area (Å²) >= 11 is 17.7. The Kier molecular flexibility index (Phi) is 10.7. The van der Waals surface area contributed by atoms with Crippen molar-refractivity contribution in [1.29, 1.82) is 0 Å². The second kappa shape index (κ2) is 10.5. The molecule has 1 aliphatic heterocycles. The number of piperazine rings is 1. The molecule has 11 heteroatoms. The molecule has 1 fully saturated rings. The Labute approximate surface area is 163 Å². The fourth-order valence-electron chi connectivity index (χ4n) is 2.13. The second-order valence-corrected chi connectivity index (χ2v) is 7.64. The molecule has 0 unspecified atom stereocenters. The molecule has 1 saturated heterocycles. The van der Waals surface area contributed by atoms with E-state index >= 15 is 0 Å². The SMILES string of the molecule is Cl.Cl.O=S(=O)(NCCN1CCNCC1)c1c(Cl)cc(Cl)cc1Cl. The third kappa shape index (κ3) is 6.72. The molecule has 23 heavy (non-hydrogen) atoms. The van der Waals surface area contributed by atoms with Crippen LogP contribution < -0.4 is 10.0 Å². The van der Waals surface area contributed by atoms with E-state index in [1.54, 1.807) is 0 Å². The van der Waals surface area contributed by atoms with Gasteiger partial charge in [-0.15, -0.1) is 24.8 Å². The fourth-order valence-corrected chi connectivity index (χ4v) is 4.69. The van der Waals surface area contributed by atoms with Crippen LogP contribution in [0, 0.1) is 0 Å². The molecular weight excluding hydrogens is 427 g/mol. The monoisotopic (exact) mass is 443 g/mol. The highest BCUT2D eigenvalue weighted by Crippen LogP contribution is 2.32. The predicted molar refractivity (Wildman–Crippen MR) is 100 cm³/mol. The largest absolute Gasteiger partial charge is 0.314 e. The van der Waals surface area contributed by atoms with Crippen molar-refractivity contribution in [3.05, 3.63) is 27.2 Å². The molecule has 1 aromatic carbocycles. The van der Waals surface area contributed by atoms with Crippen molar-refractivity contribution in [2.75, 3.05) is 39.3 Å². The lowest BCUT2D eigenvalue weighted by molar-refractivity contribution is 0.245. The van der Waals surface area contributed by atoms with Crippen molar-refractivity contribution in [1.82, 2.24) is 14.9 Å². The van der Waals surface area contributed by atoms with Gasteiger partial charge in [0.15, 0.2) is 0 Å². The summed E-state index contributed by atoms with van der Waals surface area (Å²) in [7, 11) is -3.75. The first-order valence-electron chi connectivity index (χ1n) is 6.47. The van der Waals surface area contributed by atoms with E-state index in [2.05, 4.69) is 14.9 Å². The van der Waals surface area contributed by atoms with Crippen LogP contribution in [-0.4, -0.2) is 52.6 Å². The number of rotatable bonds is 5. The highest BCUT2D eigenvalue weighted by Gasteiger charge is 2.22. The minimum atomic E-state index is -3.75. The third-order valence-electron chi connectivity index (χ3n) is 3.16. The van der Waals surface area contributed by atoms with E-state index in [0.717, 1.165) is 26.2 Å². The summed E-state index contributed by atoms with van der Waals surface area (Å²) in [6.45, 7) is 4.60. The van der Waals surface area contributed by atoms with E-state index in [1.165, 1.54) is 12.1 Å². The van der Waals surface area contributed by atoms with Crippen LogP contribution in [0.2, 0.25) is 15.1 Å². The van der Waals surface area contributed by atoms with E-state index in [-0.39, 0.29) is 39.8 Å². The van der Waals surface area contributed by atoms with E-state index in [1.807, 2.05) is 0 Å². The van der Waals surface area contributed by atoms with Crippen LogP contribution in [0.4, 0.5) is 0 Å². The van der Waals surface area contributed by atoms with Crippen LogP contribution in [-0.2, 0) is 10.0 Å². The Morgan fingerprint density at radius 3 is 2.13 bits per heavy atom. The molecule has 2 rings (SSSR count). The number of benzene rings is 1. The Bertz CT molecular complexity index is 586. The van der Waals surface area contributed by atoms with Crippen molar-refractivity contribution >= 4 is 69.6 Å². The van der Waals surface area contributed by atoms with Crippen LogP contribution in [0.1, 0.15) is 0 Å². The summed E-state index contributed by atoms with van der Waals surface area (Å²) in [6.07, 6.45) is 0. The van der Waals surface area contributed by atoms with Gasteiger partial charge in [-0.1, -0.05) is 34.8 Å². The van der Waals surface area contributed by atoms with Gasteiger partial charge in [0.2, 0.25) is 10.0 Å². The Balaban J connectivity index is 0.00000242. The zero-order valence-electron chi connectivity index (χ0n) is 12.0. The summed E-state index contributed by atoms with van der Waals surface area (Å²) in [5.41, 5.74) is 0. The lowest BCUT2D eigenvalue weighted by atomic mass is 10.3. The average Bonchev–Trinajstić information content (AvgIpc) is 2.38. The lowest BCUT2D eigenvalue weighted by Crippen LogP contribution is -2.46. The van der Waals surface area contributed by atoms with E-state index < -0.39 is 10.0 Å². The van der Waals surface area contributed by atoms with Gasteiger partial charge in [0.25, 0.3) is 0 Å². The summed E-state index contributed by atoms with van der Waals surface area (Å²) in [6, 6.07) is 2.72. The quantitative estimate of drug-likeness (QED) is 0.732. The highest BCUT2D eigenvalue weighted by atomic mass is 35.5. The van der Waals surface area contributed by atoms with Crippen LogP contribution in [0.15, 0.2) is 17.0 Å². The summed E-state index contributed by atoms with van der Waals surface area (Å²) in [5.74, 6) is 0. The van der Waals surface area contributed by atoms with Crippen LogP contribution >= 0.6 is 59.6 Å². The molecule has 0 atom stereocenters. The first-order chi connectivity index (χ1) is 9.90. The molecule has 0 aromatic heterocycles. The first kappa shape index (κ1) is 23.5. The number of hydrogen-bond donors (Lipinski definition) is 2. The van der Waals surface area contributed by atoms with Gasteiger partial charge in [-0.05, 0) is 12.1 Å². The summed E-state index contributed by atoms with van der Waals surface area (Å²) < 4.78 is 27.1. The maximum Gasteiger partial charge on any atom is 0.243 e. The molecule has 1 aliphatic rings. The van der Waals surface area contributed by atoms with E-state index in [9.17, 15) is 8.42 Å². The maximum atomic E-state index is 12.3. The van der Waals surface area contributed by atoms with Gasteiger partial charge in [-0.3, -0.25) is 4.90 Å². The van der Waals surface area contributed by atoms with Crippen molar-refractivity contribution < 1.29 is 8.42 Å². The molecule has 0 spiro atoms. The minimum Gasteiger partial charge on any atom is -0.314 e. The fraction of sp³-hybridized carbons (Fsp3) is 0.500. The van der Waals surface area contributed by atoms with Crippen LogP contribution in [0.25, 0.3) is 0 Å². The van der Waals surface area contributed by atoms with Gasteiger partial charge in [-0.25, -0.2) is 13.1 Å². The third-order valence-corrected chi connectivity index (χ3v) is 5.76. The van der Waals surface area contributed by atoms with Gasteiger partial charge in [0, 0.05) is 44.3 Å². The molecule has 0 radical (unpaired) electrons. The molecule has 5 nitrogen and oxygen atoms in total. The lowest BCUT2D eigenvalue weighted by Gasteiger charge is -2.27. The highest BCUT2D eigenvalue weighted by molar-refractivity contribution is 7.89. The van der Waals surface area contributed by atoms with E-state index in [0.29, 0.717) is 18.1 Å². The smallest absolute Gasteiger partial charge is 0.243 e. The molecule has 1 aromatic rings. The topological polar surface area (TPSA) is 61.4 Å². The van der Waals surface area contributed by atoms with Crippen molar-refractivity contribution in [2.45, 2.75) is 4.90 Å². The van der Waals surface area contributed by atoms with E-state index in [4.69, 9.17) is 34.8 Å². The second-order valence-electron chi connectivity index (χ2n) is 4.69. The number of nitrogens with one attached hydrogen (secondary N) is 2. The standard InChI is InChI=1S/C12H16Cl3N3O2S.2ClH/c13-9-7-10(14)12(11(15)8-9)21(19,20)17-3-6-18-4-1-16-2-5-18;;/h7-8,16-17H,1-6H2;2*1H. The van der Waals surface area contributed by atoms with Crippen molar-refractivity contribution in [2.24, 2.45) is 0 Å². The zero-order valence-corrected chi connectivity index (χ0v) is 16.7. The number of sulfonamides is 1. The van der Waals surface area contributed by atoms with Gasteiger partial charge in [0.1, 0.15) is 4.90 Å². The van der Waals surface area contributed by atoms with Gasteiger partial charge >= 0.3 is 0 Å². The number of nitrogens with zero attached hydrogens (tertiary/aromatic N) is 1. The molecule has 1 heterocycles. The Hall–Kier alpha value is 0.500. The minimum absolute atomic E-state index is 0. The molecule has 0 amide bonds. The molecule has 0 aliphatic carbocycles. The normalized spacial score (nSPS) is 15.6. The number of halogens is 5. The van der Waals surface area contributed by atoms with Crippen molar-refractivity contribution in [3.8, 4) is 0 Å². The molecule has 0 saturated carbocycles. The zero-order chi connectivity index (χ0) is 15.5. The molecule has 2 N–H and O–H groups in total. The van der Waals surface area contributed by atoms with Crippen molar-refractivity contribution in [3.63, 3.8) is 0 Å². The summed E-state index contributed by atoms with van der Waals surface area (Å²) in [5, 5.41) is 3.57. The molecular formula is C12H18Cl5N3O2S. The molecule has 134 valence electrons. The average molecular weight is 446 g/mol. The van der Waals surface area contributed by atoms with Crippen LogP contribution in [0.3, 0.4) is 0 Å². The molecule has 0 bridgehead atoms. The Morgan fingerprint density at radius 2 is 1.61 bits per heavy atom. The number of hydrogen-bond acceptors (Lipinski definition) is 4. The van der Waals surface area contributed by atoms with Gasteiger partial charge in [-0.2, -0.15) is 0 Å². The Morgan fingerprint density at radius 1 is 1.09 bits per heavy atom. The first-order valence-corrected chi connectivity index (χ1v) is 9.09. The van der Waals surface area contributed by atoms with Gasteiger partial charge in [0.05, 0.1) is 10.0 Å². The van der Waals surface area contributed by atoms with Gasteiger partial charge < -0.3 is 5.32 Å². The summed E-state index contributed by atoms with van der Waals surface area (Å²) in [4.78, 5) is 2.06. The van der Waals surface area contributed by atoms with Crippen LogP contribution in [0.5, 0.6) is 0 Å².